The predicted molar refractivity (Wildman–Crippen MR) is 68.6 cm³/mol. The summed E-state index contributed by atoms with van der Waals surface area (Å²) in [5.74, 6) is 0. The summed E-state index contributed by atoms with van der Waals surface area (Å²) in [6.07, 6.45) is 6.30. The molecular weight excluding hydrogens is 252 g/mol. The number of piperidine rings is 1. The summed E-state index contributed by atoms with van der Waals surface area (Å²) >= 11 is 0. The lowest BCUT2D eigenvalue weighted by molar-refractivity contribution is 0.347. The van der Waals surface area contributed by atoms with Crippen LogP contribution in [0, 0.1) is 0 Å². The Kier molecular flexibility index (Phi) is 4.04. The Morgan fingerprint density at radius 3 is 2.89 bits per heavy atom. The van der Waals surface area contributed by atoms with E-state index in [0.717, 1.165) is 25.8 Å². The average Bonchev–Trinajstić information content (AvgIpc) is 2.77. The molecule has 0 amide bonds. The van der Waals surface area contributed by atoms with Crippen LogP contribution < -0.4 is 10.0 Å². The lowest BCUT2D eigenvalue weighted by Crippen LogP contribution is -2.50. The summed E-state index contributed by atoms with van der Waals surface area (Å²) in [5.41, 5.74) is 0. The first-order chi connectivity index (χ1) is 8.49. The van der Waals surface area contributed by atoms with E-state index in [0.29, 0.717) is 0 Å². The first kappa shape index (κ1) is 13.5. The number of rotatable bonds is 4. The number of nitrogens with one attached hydrogen (secondary N) is 2. The SMILES string of the molecule is CC(NS(=O)(=O)c1cn(C)cn1)C1CCCCN1. The Hall–Kier alpha value is -0.920. The molecule has 0 radical (unpaired) electrons. The first-order valence-corrected chi connectivity index (χ1v) is 7.71. The summed E-state index contributed by atoms with van der Waals surface area (Å²) in [6, 6.07) is 0.0783. The maximum Gasteiger partial charge on any atom is 0.259 e. The van der Waals surface area contributed by atoms with Crippen LogP contribution in [0.5, 0.6) is 0 Å². The first-order valence-electron chi connectivity index (χ1n) is 6.23. The third-order valence-electron chi connectivity index (χ3n) is 3.25. The van der Waals surface area contributed by atoms with Gasteiger partial charge in [-0.1, -0.05) is 6.42 Å². The van der Waals surface area contributed by atoms with Crippen molar-refractivity contribution >= 4 is 10.0 Å². The molecule has 1 saturated heterocycles. The average molecular weight is 272 g/mol. The largest absolute Gasteiger partial charge is 0.339 e. The van der Waals surface area contributed by atoms with E-state index >= 15 is 0 Å². The van der Waals surface area contributed by atoms with Crippen LogP contribution in [0.15, 0.2) is 17.6 Å². The van der Waals surface area contributed by atoms with Gasteiger partial charge in [0.1, 0.15) is 0 Å². The fourth-order valence-electron chi connectivity index (χ4n) is 2.22. The molecule has 0 saturated carbocycles. The van der Waals surface area contributed by atoms with E-state index in [9.17, 15) is 8.42 Å². The molecule has 2 N–H and O–H groups in total. The second kappa shape index (κ2) is 5.38. The fourth-order valence-corrected chi connectivity index (χ4v) is 3.49. The van der Waals surface area contributed by atoms with E-state index < -0.39 is 10.0 Å². The molecule has 2 unspecified atom stereocenters. The highest BCUT2D eigenvalue weighted by molar-refractivity contribution is 7.89. The van der Waals surface area contributed by atoms with Crippen molar-refractivity contribution in [2.45, 2.75) is 43.3 Å². The van der Waals surface area contributed by atoms with Crippen LogP contribution in [0.3, 0.4) is 0 Å². The highest BCUT2D eigenvalue weighted by Gasteiger charge is 2.25. The number of hydrogen-bond acceptors (Lipinski definition) is 4. The molecule has 2 atom stereocenters. The molecule has 1 aromatic heterocycles. The van der Waals surface area contributed by atoms with E-state index in [4.69, 9.17) is 0 Å². The molecule has 7 heteroatoms. The summed E-state index contributed by atoms with van der Waals surface area (Å²) < 4.78 is 28.5. The van der Waals surface area contributed by atoms with Gasteiger partial charge in [-0.3, -0.25) is 0 Å². The number of imidazole rings is 1. The topological polar surface area (TPSA) is 76.0 Å². The Morgan fingerprint density at radius 2 is 2.33 bits per heavy atom. The van der Waals surface area contributed by atoms with Gasteiger partial charge in [0.25, 0.3) is 10.0 Å². The van der Waals surface area contributed by atoms with E-state index in [1.54, 1.807) is 11.6 Å². The van der Waals surface area contributed by atoms with E-state index in [1.165, 1.54) is 12.5 Å². The standard InChI is InChI=1S/C11H20N4O2S/c1-9(10-5-3-4-6-12-10)14-18(16,17)11-7-15(2)8-13-11/h7-10,12,14H,3-6H2,1-2H3. The molecule has 1 aliphatic rings. The van der Waals surface area contributed by atoms with Gasteiger partial charge in [0.15, 0.2) is 5.03 Å². The van der Waals surface area contributed by atoms with Crippen molar-refractivity contribution in [3.63, 3.8) is 0 Å². The summed E-state index contributed by atoms with van der Waals surface area (Å²) in [7, 11) is -1.76. The zero-order valence-electron chi connectivity index (χ0n) is 10.8. The van der Waals surface area contributed by atoms with Crippen LogP contribution in [0.25, 0.3) is 0 Å². The predicted octanol–water partition coefficient (Wildman–Crippen LogP) is 0.229. The van der Waals surface area contributed by atoms with Crippen LogP contribution in [-0.2, 0) is 17.1 Å². The number of nitrogens with zero attached hydrogens (tertiary/aromatic N) is 2. The van der Waals surface area contributed by atoms with Crippen molar-refractivity contribution < 1.29 is 8.42 Å². The molecule has 1 fully saturated rings. The maximum absolute atomic E-state index is 12.1. The minimum atomic E-state index is -3.51. The monoisotopic (exact) mass is 272 g/mol. The summed E-state index contributed by atoms with van der Waals surface area (Å²) in [4.78, 5) is 3.88. The van der Waals surface area contributed by atoms with Gasteiger partial charge in [0, 0.05) is 25.3 Å². The zero-order chi connectivity index (χ0) is 13.2. The van der Waals surface area contributed by atoms with Gasteiger partial charge < -0.3 is 9.88 Å². The lowest BCUT2D eigenvalue weighted by Gasteiger charge is -2.29. The minimum absolute atomic E-state index is 0.0765. The minimum Gasteiger partial charge on any atom is -0.339 e. The van der Waals surface area contributed by atoms with Gasteiger partial charge >= 0.3 is 0 Å². The van der Waals surface area contributed by atoms with Crippen molar-refractivity contribution in [3.05, 3.63) is 12.5 Å². The van der Waals surface area contributed by atoms with Crippen LogP contribution in [0.2, 0.25) is 0 Å². The molecule has 2 heterocycles. The van der Waals surface area contributed by atoms with Crippen molar-refractivity contribution in [3.8, 4) is 0 Å². The Labute approximate surface area is 108 Å². The van der Waals surface area contributed by atoms with Gasteiger partial charge in [-0.15, -0.1) is 0 Å². The third-order valence-corrected chi connectivity index (χ3v) is 4.69. The van der Waals surface area contributed by atoms with Crippen molar-refractivity contribution in [1.29, 1.82) is 0 Å². The van der Waals surface area contributed by atoms with Gasteiger partial charge in [-0.2, -0.15) is 0 Å². The Morgan fingerprint density at radius 1 is 1.56 bits per heavy atom. The highest BCUT2D eigenvalue weighted by atomic mass is 32.2. The molecule has 0 aromatic carbocycles. The molecule has 0 bridgehead atoms. The molecule has 102 valence electrons. The molecule has 18 heavy (non-hydrogen) atoms. The molecule has 6 nitrogen and oxygen atoms in total. The normalized spacial score (nSPS) is 22.9. The Balaban J connectivity index is 2.03. The molecule has 1 aromatic rings. The highest BCUT2D eigenvalue weighted by Crippen LogP contribution is 2.12. The number of aromatic nitrogens is 2. The Bertz CT molecular complexity index is 491. The molecule has 1 aliphatic heterocycles. The molecule has 0 spiro atoms. The van der Waals surface area contributed by atoms with Crippen LogP contribution in [0.4, 0.5) is 0 Å². The lowest BCUT2D eigenvalue weighted by atomic mass is 10.00. The van der Waals surface area contributed by atoms with Gasteiger partial charge in [0.2, 0.25) is 0 Å². The van der Waals surface area contributed by atoms with Crippen molar-refractivity contribution in [1.82, 2.24) is 19.6 Å². The number of hydrogen-bond donors (Lipinski definition) is 2. The quantitative estimate of drug-likeness (QED) is 0.822. The summed E-state index contributed by atoms with van der Waals surface area (Å²) in [6.45, 7) is 2.85. The second-order valence-electron chi connectivity index (χ2n) is 4.84. The molecular formula is C11H20N4O2S. The van der Waals surface area contributed by atoms with Crippen molar-refractivity contribution in [2.75, 3.05) is 6.54 Å². The van der Waals surface area contributed by atoms with Gasteiger partial charge in [-0.05, 0) is 26.3 Å². The third kappa shape index (κ3) is 3.09. The summed E-state index contributed by atoms with van der Waals surface area (Å²) in [5, 5.41) is 3.42. The fraction of sp³-hybridized carbons (Fsp3) is 0.727. The van der Waals surface area contributed by atoms with E-state index in [2.05, 4.69) is 15.0 Å². The molecule has 2 rings (SSSR count). The molecule has 0 aliphatic carbocycles. The van der Waals surface area contributed by atoms with E-state index in [-0.39, 0.29) is 17.1 Å². The van der Waals surface area contributed by atoms with Gasteiger partial charge in [0.05, 0.1) is 6.33 Å². The smallest absolute Gasteiger partial charge is 0.259 e. The second-order valence-corrected chi connectivity index (χ2v) is 6.50. The zero-order valence-corrected chi connectivity index (χ0v) is 11.6. The van der Waals surface area contributed by atoms with Crippen LogP contribution in [-0.4, -0.2) is 36.6 Å². The number of aryl methyl sites for hydroxylation is 1. The van der Waals surface area contributed by atoms with Gasteiger partial charge in [-0.25, -0.2) is 18.1 Å². The van der Waals surface area contributed by atoms with Crippen LogP contribution >= 0.6 is 0 Å². The van der Waals surface area contributed by atoms with Crippen LogP contribution in [0.1, 0.15) is 26.2 Å². The number of sulfonamides is 1. The maximum atomic E-state index is 12.1. The van der Waals surface area contributed by atoms with E-state index in [1.807, 2.05) is 6.92 Å². The van der Waals surface area contributed by atoms with Crippen molar-refractivity contribution in [2.24, 2.45) is 7.05 Å².